The molecule has 0 spiro atoms. The molecule has 152 valence electrons. The van der Waals surface area contributed by atoms with Gasteiger partial charge >= 0.3 is 0 Å². The molecule has 0 saturated heterocycles. The highest BCUT2D eigenvalue weighted by atomic mass is 79.9. The number of hydrogen-bond donors (Lipinski definition) is 0. The topological polar surface area (TPSA) is 70.2 Å². The fourth-order valence-corrected chi connectivity index (χ4v) is 3.89. The first-order chi connectivity index (χ1) is 15.1. The van der Waals surface area contributed by atoms with E-state index in [1.165, 1.54) is 0 Å². The van der Waals surface area contributed by atoms with Crippen LogP contribution in [0.3, 0.4) is 0 Å². The lowest BCUT2D eigenvalue weighted by atomic mass is 10.1. The quantitative estimate of drug-likeness (QED) is 0.345. The minimum Gasteiger partial charge on any atom is -0.497 e. The summed E-state index contributed by atoms with van der Waals surface area (Å²) in [7, 11) is 1.59. The van der Waals surface area contributed by atoms with Crippen molar-refractivity contribution in [1.29, 1.82) is 0 Å². The van der Waals surface area contributed by atoms with Gasteiger partial charge in [0.1, 0.15) is 5.75 Å². The molecule has 0 aliphatic rings. The van der Waals surface area contributed by atoms with Crippen LogP contribution >= 0.6 is 15.9 Å². The van der Waals surface area contributed by atoms with E-state index in [1.54, 1.807) is 30.0 Å². The van der Waals surface area contributed by atoms with Crippen LogP contribution in [-0.4, -0.2) is 21.8 Å². The standard InChI is InChI=1S/C24H16BrN3O3/c1-30-18-9-5-8-17(13-18)28-14-21(19-10-2-3-11-20(19)24(28)29)23-26-22(27-31-23)15-6-4-7-16(25)12-15/h2-14H,1H3. The van der Waals surface area contributed by atoms with Crippen molar-refractivity contribution in [2.24, 2.45) is 0 Å². The first-order valence-electron chi connectivity index (χ1n) is 9.53. The first kappa shape index (κ1) is 19.3. The molecule has 0 fully saturated rings. The van der Waals surface area contributed by atoms with Gasteiger partial charge in [-0.25, -0.2) is 0 Å². The molecule has 0 amide bonds. The monoisotopic (exact) mass is 473 g/mol. The van der Waals surface area contributed by atoms with E-state index in [1.807, 2.05) is 60.7 Å². The molecule has 6 nitrogen and oxygen atoms in total. The Hall–Kier alpha value is -3.71. The number of benzene rings is 3. The summed E-state index contributed by atoms with van der Waals surface area (Å²) in [6.45, 7) is 0. The highest BCUT2D eigenvalue weighted by Gasteiger charge is 2.17. The van der Waals surface area contributed by atoms with E-state index in [0.717, 1.165) is 15.4 Å². The SMILES string of the molecule is COc1cccc(-n2cc(-c3nc(-c4cccc(Br)c4)no3)c3ccccc3c2=O)c1. The van der Waals surface area contributed by atoms with E-state index in [0.29, 0.717) is 34.1 Å². The fraction of sp³-hybridized carbons (Fsp3) is 0.0417. The summed E-state index contributed by atoms with van der Waals surface area (Å²) in [6.07, 6.45) is 1.73. The van der Waals surface area contributed by atoms with Gasteiger partial charge in [-0.2, -0.15) is 4.98 Å². The van der Waals surface area contributed by atoms with E-state index >= 15 is 0 Å². The van der Waals surface area contributed by atoms with Crippen LogP contribution in [0.5, 0.6) is 5.75 Å². The van der Waals surface area contributed by atoms with Crippen molar-refractivity contribution < 1.29 is 9.26 Å². The zero-order valence-corrected chi connectivity index (χ0v) is 18.0. The van der Waals surface area contributed by atoms with Crippen molar-refractivity contribution in [3.63, 3.8) is 0 Å². The minimum atomic E-state index is -0.140. The Balaban J connectivity index is 1.72. The van der Waals surface area contributed by atoms with Crippen LogP contribution in [0.25, 0.3) is 39.3 Å². The van der Waals surface area contributed by atoms with Gasteiger partial charge in [0.15, 0.2) is 0 Å². The molecule has 5 rings (SSSR count). The maximum absolute atomic E-state index is 13.2. The Kier molecular flexibility index (Phi) is 4.88. The van der Waals surface area contributed by atoms with Gasteiger partial charge in [0.05, 0.1) is 18.4 Å². The van der Waals surface area contributed by atoms with E-state index in [2.05, 4.69) is 26.1 Å². The molecule has 0 saturated carbocycles. The minimum absolute atomic E-state index is 0.140. The van der Waals surface area contributed by atoms with Gasteiger partial charge in [-0.1, -0.05) is 57.5 Å². The normalized spacial score (nSPS) is 11.0. The lowest BCUT2D eigenvalue weighted by Gasteiger charge is -2.11. The molecule has 7 heteroatoms. The van der Waals surface area contributed by atoms with Crippen molar-refractivity contribution in [1.82, 2.24) is 14.7 Å². The fourth-order valence-electron chi connectivity index (χ4n) is 3.49. The zero-order valence-electron chi connectivity index (χ0n) is 16.4. The van der Waals surface area contributed by atoms with Gasteiger partial charge in [-0.05, 0) is 30.3 Å². The van der Waals surface area contributed by atoms with E-state index < -0.39 is 0 Å². The van der Waals surface area contributed by atoms with Gasteiger partial charge < -0.3 is 9.26 Å². The number of aromatic nitrogens is 3. The Morgan fingerprint density at radius 2 is 1.77 bits per heavy atom. The third-order valence-corrected chi connectivity index (χ3v) is 5.49. The summed E-state index contributed by atoms with van der Waals surface area (Å²) in [5.74, 6) is 1.47. The Morgan fingerprint density at radius 1 is 0.968 bits per heavy atom. The molecule has 5 aromatic rings. The van der Waals surface area contributed by atoms with E-state index in [9.17, 15) is 4.79 Å². The van der Waals surface area contributed by atoms with Gasteiger partial charge in [-0.15, -0.1) is 0 Å². The van der Waals surface area contributed by atoms with Gasteiger partial charge in [0.25, 0.3) is 11.4 Å². The number of methoxy groups -OCH3 is 1. The van der Waals surface area contributed by atoms with Crippen molar-refractivity contribution in [3.8, 4) is 34.3 Å². The molecule has 31 heavy (non-hydrogen) atoms. The Morgan fingerprint density at radius 3 is 2.58 bits per heavy atom. The van der Waals surface area contributed by atoms with Crippen LogP contribution in [0.1, 0.15) is 0 Å². The maximum atomic E-state index is 13.2. The molecule has 0 atom stereocenters. The van der Waals surface area contributed by atoms with Gasteiger partial charge in [0.2, 0.25) is 5.82 Å². The molecule has 0 bridgehead atoms. The zero-order chi connectivity index (χ0) is 21.4. The van der Waals surface area contributed by atoms with Crippen LogP contribution in [0.2, 0.25) is 0 Å². The van der Waals surface area contributed by atoms with Crippen molar-refractivity contribution >= 4 is 26.7 Å². The average Bonchev–Trinajstić information content (AvgIpc) is 3.30. The number of halogens is 1. The summed E-state index contributed by atoms with van der Waals surface area (Å²) < 4.78 is 13.4. The predicted octanol–water partition coefficient (Wildman–Crippen LogP) is 5.48. The number of rotatable bonds is 4. The van der Waals surface area contributed by atoms with Crippen LogP contribution in [-0.2, 0) is 0 Å². The van der Waals surface area contributed by atoms with Crippen LogP contribution < -0.4 is 10.3 Å². The smallest absolute Gasteiger partial charge is 0.262 e. The number of fused-ring (bicyclic) bond motifs is 1. The molecular weight excluding hydrogens is 458 g/mol. The molecule has 2 aromatic heterocycles. The first-order valence-corrected chi connectivity index (χ1v) is 10.3. The summed E-state index contributed by atoms with van der Waals surface area (Å²) in [4.78, 5) is 17.8. The predicted molar refractivity (Wildman–Crippen MR) is 123 cm³/mol. The molecule has 3 aromatic carbocycles. The van der Waals surface area contributed by atoms with E-state index in [4.69, 9.17) is 9.26 Å². The third-order valence-electron chi connectivity index (χ3n) is 5.00. The molecule has 0 N–H and O–H groups in total. The lowest BCUT2D eigenvalue weighted by Crippen LogP contribution is -2.18. The number of pyridine rings is 1. The van der Waals surface area contributed by atoms with Crippen LogP contribution in [0.4, 0.5) is 0 Å². The maximum Gasteiger partial charge on any atom is 0.262 e. The highest BCUT2D eigenvalue weighted by Crippen LogP contribution is 2.29. The molecule has 0 aliphatic heterocycles. The third kappa shape index (κ3) is 3.53. The van der Waals surface area contributed by atoms with Crippen molar-refractivity contribution in [2.75, 3.05) is 7.11 Å². The molecule has 0 unspecified atom stereocenters. The summed E-state index contributed by atoms with van der Waals surface area (Å²) in [5.41, 5.74) is 2.05. The average molecular weight is 474 g/mol. The largest absolute Gasteiger partial charge is 0.497 e. The number of hydrogen-bond acceptors (Lipinski definition) is 5. The molecule has 2 heterocycles. The van der Waals surface area contributed by atoms with E-state index in [-0.39, 0.29) is 5.56 Å². The summed E-state index contributed by atoms with van der Waals surface area (Å²) in [5, 5.41) is 5.46. The molecular formula is C24H16BrN3O3. The lowest BCUT2D eigenvalue weighted by molar-refractivity contribution is 0.414. The highest BCUT2D eigenvalue weighted by molar-refractivity contribution is 9.10. The second-order valence-corrected chi connectivity index (χ2v) is 7.81. The number of nitrogens with zero attached hydrogens (tertiary/aromatic N) is 3. The summed E-state index contributed by atoms with van der Waals surface area (Å²) >= 11 is 3.46. The van der Waals surface area contributed by atoms with Crippen molar-refractivity contribution in [3.05, 3.63) is 93.8 Å². The molecule has 0 radical (unpaired) electrons. The van der Waals surface area contributed by atoms with Gasteiger partial charge in [-0.3, -0.25) is 9.36 Å². The van der Waals surface area contributed by atoms with Crippen LogP contribution in [0.15, 0.2) is 92.8 Å². The second kappa shape index (κ2) is 7.85. The van der Waals surface area contributed by atoms with Gasteiger partial charge in [0, 0.05) is 33.1 Å². The van der Waals surface area contributed by atoms with Crippen molar-refractivity contribution in [2.45, 2.75) is 0 Å². The number of ether oxygens (including phenoxy) is 1. The Bertz CT molecular complexity index is 1470. The van der Waals surface area contributed by atoms with Crippen LogP contribution in [0, 0.1) is 0 Å². The second-order valence-electron chi connectivity index (χ2n) is 6.90. The Labute approximate surface area is 185 Å². The summed E-state index contributed by atoms with van der Waals surface area (Å²) in [6, 6.07) is 22.4. The molecule has 0 aliphatic carbocycles.